The Morgan fingerprint density at radius 2 is 2.05 bits per heavy atom. The zero-order valence-corrected chi connectivity index (χ0v) is 12.2. The van der Waals surface area contributed by atoms with Gasteiger partial charge in [-0.3, -0.25) is 4.79 Å². The predicted molar refractivity (Wildman–Crippen MR) is 82.4 cm³/mol. The van der Waals surface area contributed by atoms with Crippen LogP contribution in [0.4, 0.5) is 15.9 Å². The van der Waals surface area contributed by atoms with Crippen LogP contribution in [-0.2, 0) is 0 Å². The number of aromatic nitrogens is 1. The summed E-state index contributed by atoms with van der Waals surface area (Å²) in [7, 11) is 0. The summed E-state index contributed by atoms with van der Waals surface area (Å²) < 4.78 is 13.6. The van der Waals surface area contributed by atoms with Gasteiger partial charge in [0.1, 0.15) is 17.3 Å². The van der Waals surface area contributed by atoms with E-state index in [1.165, 1.54) is 18.2 Å². The van der Waals surface area contributed by atoms with Crippen molar-refractivity contribution in [2.45, 2.75) is 13.3 Å². The molecule has 0 unspecified atom stereocenters. The van der Waals surface area contributed by atoms with E-state index in [0.717, 1.165) is 13.0 Å². The molecule has 0 aliphatic rings. The van der Waals surface area contributed by atoms with Gasteiger partial charge in [0.25, 0.3) is 5.91 Å². The molecule has 2 rings (SSSR count). The third-order valence-electron chi connectivity index (χ3n) is 2.74. The summed E-state index contributed by atoms with van der Waals surface area (Å²) >= 11 is 5.87. The SMILES string of the molecule is CCCNc1cccc(C(=O)Nc2c(F)cccc2Cl)n1. The fourth-order valence-electron chi connectivity index (χ4n) is 1.71. The van der Waals surface area contributed by atoms with E-state index in [-0.39, 0.29) is 16.4 Å². The second kappa shape index (κ2) is 7.04. The van der Waals surface area contributed by atoms with Gasteiger partial charge >= 0.3 is 0 Å². The number of hydrogen-bond donors (Lipinski definition) is 2. The maximum atomic E-state index is 13.6. The molecule has 0 atom stereocenters. The maximum absolute atomic E-state index is 13.6. The van der Waals surface area contributed by atoms with Crippen LogP contribution in [0.3, 0.4) is 0 Å². The average Bonchev–Trinajstić information content (AvgIpc) is 2.49. The van der Waals surface area contributed by atoms with E-state index >= 15 is 0 Å². The minimum Gasteiger partial charge on any atom is -0.370 e. The van der Waals surface area contributed by atoms with Gasteiger partial charge in [0.05, 0.1) is 10.7 Å². The Hall–Kier alpha value is -2.14. The second-order valence-electron chi connectivity index (χ2n) is 4.39. The van der Waals surface area contributed by atoms with Crippen LogP contribution in [0.25, 0.3) is 0 Å². The molecule has 21 heavy (non-hydrogen) atoms. The molecule has 2 N–H and O–H groups in total. The first-order valence-electron chi connectivity index (χ1n) is 6.58. The number of anilines is 2. The number of halogens is 2. The van der Waals surface area contributed by atoms with Crippen LogP contribution in [0.2, 0.25) is 5.02 Å². The predicted octanol–water partition coefficient (Wildman–Crippen LogP) is 3.95. The van der Waals surface area contributed by atoms with Crippen molar-refractivity contribution in [3.63, 3.8) is 0 Å². The summed E-state index contributed by atoms with van der Waals surface area (Å²) in [5.74, 6) is -0.498. The fourth-order valence-corrected chi connectivity index (χ4v) is 1.92. The van der Waals surface area contributed by atoms with Crippen LogP contribution in [0.15, 0.2) is 36.4 Å². The molecule has 0 spiro atoms. The number of carbonyl (C=O) groups excluding carboxylic acids is 1. The van der Waals surface area contributed by atoms with Gasteiger partial charge in [0, 0.05) is 6.54 Å². The first-order valence-corrected chi connectivity index (χ1v) is 6.96. The zero-order valence-electron chi connectivity index (χ0n) is 11.5. The molecule has 0 bridgehead atoms. The van der Waals surface area contributed by atoms with Gasteiger partial charge < -0.3 is 10.6 Å². The number of nitrogens with one attached hydrogen (secondary N) is 2. The van der Waals surface area contributed by atoms with Crippen LogP contribution >= 0.6 is 11.6 Å². The van der Waals surface area contributed by atoms with Gasteiger partial charge in [-0.15, -0.1) is 0 Å². The first kappa shape index (κ1) is 15.3. The molecule has 6 heteroatoms. The molecule has 1 aromatic carbocycles. The molecular formula is C15H15ClFN3O. The van der Waals surface area contributed by atoms with Crippen molar-refractivity contribution in [1.82, 2.24) is 4.98 Å². The molecular weight excluding hydrogens is 293 g/mol. The molecule has 110 valence electrons. The zero-order chi connectivity index (χ0) is 15.2. The lowest BCUT2D eigenvalue weighted by Crippen LogP contribution is -2.16. The number of hydrogen-bond acceptors (Lipinski definition) is 3. The van der Waals surface area contributed by atoms with Gasteiger partial charge in [-0.25, -0.2) is 9.37 Å². The van der Waals surface area contributed by atoms with Crippen LogP contribution < -0.4 is 10.6 Å². The normalized spacial score (nSPS) is 10.2. The highest BCUT2D eigenvalue weighted by molar-refractivity contribution is 6.33. The van der Waals surface area contributed by atoms with Gasteiger partial charge in [-0.2, -0.15) is 0 Å². The molecule has 0 aliphatic heterocycles. The van der Waals surface area contributed by atoms with Gasteiger partial charge in [-0.05, 0) is 30.7 Å². The lowest BCUT2D eigenvalue weighted by Gasteiger charge is -2.09. The number of benzene rings is 1. The molecule has 4 nitrogen and oxygen atoms in total. The third kappa shape index (κ3) is 3.92. The molecule has 0 fully saturated rings. The topological polar surface area (TPSA) is 54.0 Å². The van der Waals surface area contributed by atoms with E-state index in [1.807, 2.05) is 6.92 Å². The van der Waals surface area contributed by atoms with Gasteiger partial charge in [0.15, 0.2) is 0 Å². The van der Waals surface area contributed by atoms with E-state index in [4.69, 9.17) is 11.6 Å². The highest BCUT2D eigenvalue weighted by Crippen LogP contribution is 2.25. The Morgan fingerprint density at radius 3 is 2.76 bits per heavy atom. The smallest absolute Gasteiger partial charge is 0.274 e. The van der Waals surface area contributed by atoms with Crippen molar-refractivity contribution in [3.05, 3.63) is 52.9 Å². The minimum atomic E-state index is -0.587. The van der Waals surface area contributed by atoms with E-state index < -0.39 is 11.7 Å². The van der Waals surface area contributed by atoms with Crippen molar-refractivity contribution in [3.8, 4) is 0 Å². The summed E-state index contributed by atoms with van der Waals surface area (Å²) in [5.41, 5.74) is 0.147. The van der Waals surface area contributed by atoms with Crippen LogP contribution in [0, 0.1) is 5.82 Å². The molecule has 0 radical (unpaired) electrons. The molecule has 2 aromatic rings. The molecule has 0 aliphatic carbocycles. The largest absolute Gasteiger partial charge is 0.370 e. The maximum Gasteiger partial charge on any atom is 0.274 e. The standard InChI is InChI=1S/C15H15ClFN3O/c1-2-9-18-13-8-4-7-12(19-13)15(21)20-14-10(16)5-3-6-11(14)17/h3-8H,2,9H2,1H3,(H,18,19)(H,20,21). The Labute approximate surface area is 127 Å². The molecule has 0 saturated heterocycles. The number of nitrogens with zero attached hydrogens (tertiary/aromatic N) is 1. The average molecular weight is 308 g/mol. The summed E-state index contributed by atoms with van der Waals surface area (Å²) in [5, 5.41) is 5.67. The summed E-state index contributed by atoms with van der Waals surface area (Å²) in [6.45, 7) is 2.79. The lowest BCUT2D eigenvalue weighted by atomic mass is 10.2. The van der Waals surface area contributed by atoms with Crippen molar-refractivity contribution in [2.24, 2.45) is 0 Å². The number of pyridine rings is 1. The number of para-hydroxylation sites is 1. The molecule has 1 amide bonds. The monoisotopic (exact) mass is 307 g/mol. The summed E-state index contributed by atoms with van der Waals surface area (Å²) in [6, 6.07) is 9.24. The number of amides is 1. The van der Waals surface area contributed by atoms with Crippen molar-refractivity contribution in [2.75, 3.05) is 17.2 Å². The molecule has 0 saturated carbocycles. The van der Waals surface area contributed by atoms with Crippen molar-refractivity contribution in [1.29, 1.82) is 0 Å². The Kier molecular flexibility index (Phi) is 5.11. The van der Waals surface area contributed by atoms with E-state index in [2.05, 4.69) is 15.6 Å². The highest BCUT2D eigenvalue weighted by atomic mass is 35.5. The highest BCUT2D eigenvalue weighted by Gasteiger charge is 2.13. The van der Waals surface area contributed by atoms with Crippen molar-refractivity contribution < 1.29 is 9.18 Å². The first-order chi connectivity index (χ1) is 10.1. The Morgan fingerprint density at radius 1 is 1.29 bits per heavy atom. The Bertz CT molecular complexity index is 628. The quantitative estimate of drug-likeness (QED) is 0.879. The van der Waals surface area contributed by atoms with Crippen molar-refractivity contribution >= 4 is 29.0 Å². The fraction of sp³-hybridized carbons (Fsp3) is 0.200. The molecule has 1 heterocycles. The minimum absolute atomic E-state index is 0.0436. The van der Waals surface area contributed by atoms with Gasteiger partial charge in [-0.1, -0.05) is 30.7 Å². The molecule has 1 aromatic heterocycles. The number of rotatable bonds is 5. The van der Waals surface area contributed by atoms with Gasteiger partial charge in [0.2, 0.25) is 0 Å². The summed E-state index contributed by atoms with van der Waals surface area (Å²) in [6.07, 6.45) is 0.947. The van der Waals surface area contributed by atoms with Crippen LogP contribution in [0.1, 0.15) is 23.8 Å². The van der Waals surface area contributed by atoms with E-state index in [0.29, 0.717) is 5.82 Å². The van der Waals surface area contributed by atoms with E-state index in [9.17, 15) is 9.18 Å². The number of carbonyl (C=O) groups is 1. The van der Waals surface area contributed by atoms with E-state index in [1.54, 1.807) is 18.2 Å². The van der Waals surface area contributed by atoms with Crippen LogP contribution in [-0.4, -0.2) is 17.4 Å². The van der Waals surface area contributed by atoms with Crippen LogP contribution in [0.5, 0.6) is 0 Å². The third-order valence-corrected chi connectivity index (χ3v) is 3.05. The second-order valence-corrected chi connectivity index (χ2v) is 4.79. The Balaban J connectivity index is 2.17. The summed E-state index contributed by atoms with van der Waals surface area (Å²) in [4.78, 5) is 16.3. The lowest BCUT2D eigenvalue weighted by molar-refractivity contribution is 0.102.